The monoisotopic (exact) mass is 438 g/mol. The van der Waals surface area contributed by atoms with E-state index in [4.69, 9.17) is 0 Å². The molecule has 0 bridgehead atoms. The molecule has 2 heterocycles. The minimum absolute atomic E-state index is 0.0263. The Kier molecular flexibility index (Phi) is 5.60. The molecular formula is C26H22N4OS. The van der Waals surface area contributed by atoms with Crippen molar-refractivity contribution in [1.82, 2.24) is 10.3 Å². The zero-order chi connectivity index (χ0) is 21.9. The largest absolute Gasteiger partial charge is 0.354 e. The van der Waals surface area contributed by atoms with Gasteiger partial charge in [-0.2, -0.15) is 5.10 Å². The van der Waals surface area contributed by atoms with Gasteiger partial charge in [0, 0.05) is 16.5 Å². The molecule has 1 amide bonds. The van der Waals surface area contributed by atoms with Crippen LogP contribution in [0.3, 0.4) is 0 Å². The van der Waals surface area contributed by atoms with E-state index in [1.807, 2.05) is 36.4 Å². The lowest BCUT2D eigenvalue weighted by Gasteiger charge is -2.05. The number of aromatic nitrogens is 1. The SMILES string of the molecule is Cc1ccc(CC2S/C(=N/N=C/c3c(-c4ccccc4)[nH]c4ccccc34)NC2=O)cc1. The molecule has 0 spiro atoms. The van der Waals surface area contributed by atoms with E-state index in [0.29, 0.717) is 11.6 Å². The predicted molar refractivity (Wildman–Crippen MR) is 133 cm³/mol. The lowest BCUT2D eigenvalue weighted by atomic mass is 10.1. The van der Waals surface area contributed by atoms with E-state index >= 15 is 0 Å². The van der Waals surface area contributed by atoms with E-state index in [-0.39, 0.29) is 11.2 Å². The van der Waals surface area contributed by atoms with Gasteiger partial charge in [-0.05, 0) is 30.5 Å². The van der Waals surface area contributed by atoms with Crippen molar-refractivity contribution in [2.75, 3.05) is 0 Å². The minimum atomic E-state index is -0.195. The van der Waals surface area contributed by atoms with Gasteiger partial charge >= 0.3 is 0 Å². The molecule has 5 nitrogen and oxygen atoms in total. The summed E-state index contributed by atoms with van der Waals surface area (Å²) in [6, 6.07) is 26.6. The number of benzene rings is 3. The Morgan fingerprint density at radius 1 is 0.969 bits per heavy atom. The second-order valence-corrected chi connectivity index (χ2v) is 8.95. The van der Waals surface area contributed by atoms with Crippen molar-refractivity contribution in [3.8, 4) is 11.3 Å². The maximum absolute atomic E-state index is 12.4. The summed E-state index contributed by atoms with van der Waals surface area (Å²) in [5.74, 6) is -0.0263. The molecule has 1 unspecified atom stereocenters. The quantitative estimate of drug-likeness (QED) is 0.328. The zero-order valence-corrected chi connectivity index (χ0v) is 18.4. The molecule has 0 radical (unpaired) electrons. The van der Waals surface area contributed by atoms with Crippen molar-refractivity contribution in [3.05, 3.63) is 95.6 Å². The number of carbonyl (C=O) groups is 1. The summed E-state index contributed by atoms with van der Waals surface area (Å²) in [5, 5.41) is 12.9. The number of hydrogen-bond acceptors (Lipinski definition) is 4. The second kappa shape index (κ2) is 8.85. The fraction of sp³-hybridized carbons (Fsp3) is 0.115. The number of amides is 1. The number of amidine groups is 1. The van der Waals surface area contributed by atoms with Crippen molar-refractivity contribution < 1.29 is 4.79 Å². The van der Waals surface area contributed by atoms with Gasteiger partial charge in [0.1, 0.15) is 0 Å². The highest BCUT2D eigenvalue weighted by molar-refractivity contribution is 8.15. The van der Waals surface area contributed by atoms with Gasteiger partial charge in [-0.1, -0.05) is 90.1 Å². The molecule has 1 saturated heterocycles. The summed E-state index contributed by atoms with van der Waals surface area (Å²) in [5.41, 5.74) is 6.44. The number of H-pyrrole nitrogens is 1. The third kappa shape index (κ3) is 4.22. The summed E-state index contributed by atoms with van der Waals surface area (Å²) in [6.07, 6.45) is 2.42. The van der Waals surface area contributed by atoms with Crippen molar-refractivity contribution in [2.24, 2.45) is 10.2 Å². The number of aryl methyl sites for hydroxylation is 1. The number of nitrogens with one attached hydrogen (secondary N) is 2. The van der Waals surface area contributed by atoms with Crippen LogP contribution in [-0.2, 0) is 11.2 Å². The second-order valence-electron chi connectivity index (χ2n) is 7.76. The topological polar surface area (TPSA) is 69.6 Å². The lowest BCUT2D eigenvalue weighted by Crippen LogP contribution is -2.25. The Balaban J connectivity index is 1.38. The highest BCUT2D eigenvalue weighted by Crippen LogP contribution is 2.29. The first-order chi connectivity index (χ1) is 15.7. The highest BCUT2D eigenvalue weighted by Gasteiger charge is 2.30. The molecule has 6 heteroatoms. The van der Waals surface area contributed by atoms with Crippen LogP contribution < -0.4 is 5.32 Å². The number of nitrogens with zero attached hydrogens (tertiary/aromatic N) is 2. The molecule has 2 N–H and O–H groups in total. The molecule has 3 aromatic carbocycles. The van der Waals surface area contributed by atoms with Crippen LogP contribution in [-0.4, -0.2) is 27.5 Å². The van der Waals surface area contributed by atoms with Gasteiger partial charge in [-0.25, -0.2) is 0 Å². The van der Waals surface area contributed by atoms with Gasteiger partial charge in [-0.15, -0.1) is 5.10 Å². The van der Waals surface area contributed by atoms with Gasteiger partial charge in [0.2, 0.25) is 5.91 Å². The molecule has 1 fully saturated rings. The van der Waals surface area contributed by atoms with Crippen molar-refractivity contribution in [3.63, 3.8) is 0 Å². The van der Waals surface area contributed by atoms with Crippen LogP contribution in [0.15, 0.2) is 89.1 Å². The number of aromatic amines is 1. The summed E-state index contributed by atoms with van der Waals surface area (Å²) < 4.78 is 0. The first-order valence-electron chi connectivity index (χ1n) is 10.5. The maximum Gasteiger partial charge on any atom is 0.239 e. The zero-order valence-electron chi connectivity index (χ0n) is 17.6. The summed E-state index contributed by atoms with van der Waals surface area (Å²) >= 11 is 1.43. The van der Waals surface area contributed by atoms with E-state index in [0.717, 1.165) is 33.3 Å². The van der Waals surface area contributed by atoms with Crippen LogP contribution >= 0.6 is 11.8 Å². The summed E-state index contributed by atoms with van der Waals surface area (Å²) in [4.78, 5) is 15.9. The number of rotatable bonds is 5. The van der Waals surface area contributed by atoms with Crippen molar-refractivity contribution >= 4 is 40.0 Å². The Morgan fingerprint density at radius 3 is 2.53 bits per heavy atom. The first-order valence-corrected chi connectivity index (χ1v) is 11.4. The summed E-state index contributed by atoms with van der Waals surface area (Å²) in [7, 11) is 0. The van der Waals surface area contributed by atoms with Crippen LogP contribution in [0.5, 0.6) is 0 Å². The Bertz CT molecular complexity index is 1320. The molecule has 5 rings (SSSR count). The first kappa shape index (κ1) is 20.3. The third-order valence-electron chi connectivity index (χ3n) is 5.46. The van der Waals surface area contributed by atoms with E-state index in [1.165, 1.54) is 17.3 Å². The van der Waals surface area contributed by atoms with Crippen LogP contribution in [0.25, 0.3) is 22.2 Å². The van der Waals surface area contributed by atoms with Crippen LogP contribution in [0.4, 0.5) is 0 Å². The number of para-hydroxylation sites is 1. The molecule has 1 atom stereocenters. The van der Waals surface area contributed by atoms with Crippen molar-refractivity contribution in [1.29, 1.82) is 0 Å². The molecular weight excluding hydrogens is 416 g/mol. The number of hydrogen-bond donors (Lipinski definition) is 2. The minimum Gasteiger partial charge on any atom is -0.354 e. The number of fused-ring (bicyclic) bond motifs is 1. The number of carbonyl (C=O) groups excluding carboxylic acids is 1. The van der Waals surface area contributed by atoms with Crippen LogP contribution in [0.1, 0.15) is 16.7 Å². The Hall–Kier alpha value is -3.64. The maximum atomic E-state index is 12.4. The average molecular weight is 439 g/mol. The van der Waals surface area contributed by atoms with Gasteiger partial charge in [0.15, 0.2) is 5.17 Å². The van der Waals surface area contributed by atoms with Crippen LogP contribution in [0.2, 0.25) is 0 Å². The van der Waals surface area contributed by atoms with E-state index in [1.54, 1.807) is 6.21 Å². The van der Waals surface area contributed by atoms with Gasteiger partial charge in [0.05, 0.1) is 17.2 Å². The summed E-state index contributed by atoms with van der Waals surface area (Å²) in [6.45, 7) is 2.06. The fourth-order valence-electron chi connectivity index (χ4n) is 3.79. The molecule has 1 aliphatic rings. The molecule has 158 valence electrons. The standard InChI is InChI=1S/C26H22N4OS/c1-17-11-13-18(14-12-17)15-23-25(31)29-26(32-23)30-27-16-21-20-9-5-6-10-22(20)28-24(21)19-7-3-2-4-8-19/h2-14,16,23,28H,15H2,1H3,(H,29,30,31)/b27-16+. The predicted octanol–water partition coefficient (Wildman–Crippen LogP) is 5.31. The number of thioether (sulfide) groups is 1. The lowest BCUT2D eigenvalue weighted by molar-refractivity contribution is -0.118. The van der Waals surface area contributed by atoms with Crippen molar-refractivity contribution in [2.45, 2.75) is 18.6 Å². The molecule has 4 aromatic rings. The van der Waals surface area contributed by atoms with Gasteiger partial charge in [-0.3, -0.25) is 4.79 Å². The molecule has 0 saturated carbocycles. The molecule has 32 heavy (non-hydrogen) atoms. The fourth-order valence-corrected chi connectivity index (χ4v) is 4.76. The van der Waals surface area contributed by atoms with E-state index in [9.17, 15) is 4.79 Å². The normalized spacial score (nSPS) is 17.5. The average Bonchev–Trinajstić information content (AvgIpc) is 3.36. The van der Waals surface area contributed by atoms with Gasteiger partial charge in [0.25, 0.3) is 0 Å². The third-order valence-corrected chi connectivity index (χ3v) is 6.53. The Labute approximate surface area is 190 Å². The highest BCUT2D eigenvalue weighted by atomic mass is 32.2. The smallest absolute Gasteiger partial charge is 0.239 e. The van der Waals surface area contributed by atoms with E-state index in [2.05, 4.69) is 69.9 Å². The van der Waals surface area contributed by atoms with E-state index < -0.39 is 0 Å². The Morgan fingerprint density at radius 2 is 1.72 bits per heavy atom. The van der Waals surface area contributed by atoms with Gasteiger partial charge < -0.3 is 10.3 Å². The van der Waals surface area contributed by atoms with Crippen LogP contribution in [0, 0.1) is 6.92 Å². The molecule has 1 aromatic heterocycles. The molecule has 0 aliphatic carbocycles. The molecule has 1 aliphatic heterocycles.